The minimum absolute atomic E-state index is 0.104. The summed E-state index contributed by atoms with van der Waals surface area (Å²) in [5.74, 6) is 1.23. The van der Waals surface area contributed by atoms with Crippen LogP contribution in [-0.4, -0.2) is 33.4 Å². The normalized spacial score (nSPS) is 12.0. The molecule has 1 N–H and O–H groups in total. The van der Waals surface area contributed by atoms with Crippen LogP contribution >= 0.6 is 0 Å². The molecule has 0 aliphatic carbocycles. The predicted octanol–water partition coefficient (Wildman–Crippen LogP) is 2.36. The molecule has 0 saturated carbocycles. The van der Waals surface area contributed by atoms with Gasteiger partial charge in [0.05, 0.1) is 13.2 Å². The van der Waals surface area contributed by atoms with Crippen molar-refractivity contribution in [2.24, 2.45) is 0 Å². The molecule has 1 heterocycles. The number of aromatic nitrogens is 2. The summed E-state index contributed by atoms with van der Waals surface area (Å²) in [6.45, 7) is 8.08. The molecule has 5 nitrogen and oxygen atoms in total. The van der Waals surface area contributed by atoms with Crippen LogP contribution in [0.1, 0.15) is 38.1 Å². The molecule has 0 radical (unpaired) electrons. The monoisotopic (exact) mass is 289 g/mol. The van der Waals surface area contributed by atoms with E-state index in [2.05, 4.69) is 27.2 Å². The fourth-order valence-electron chi connectivity index (χ4n) is 2.01. The lowest BCUT2D eigenvalue weighted by Gasteiger charge is -2.19. The second-order valence-corrected chi connectivity index (χ2v) is 6.17. The van der Waals surface area contributed by atoms with Crippen molar-refractivity contribution in [2.45, 2.75) is 39.3 Å². The van der Waals surface area contributed by atoms with Crippen LogP contribution in [-0.2, 0) is 18.5 Å². The summed E-state index contributed by atoms with van der Waals surface area (Å²) in [6, 6.07) is 10.2. The molecule has 0 amide bonds. The van der Waals surface area contributed by atoms with E-state index in [0.29, 0.717) is 24.9 Å². The Morgan fingerprint density at radius 2 is 1.81 bits per heavy atom. The van der Waals surface area contributed by atoms with E-state index >= 15 is 0 Å². The van der Waals surface area contributed by atoms with Gasteiger partial charge < -0.3 is 9.52 Å². The maximum atomic E-state index is 9.22. The van der Waals surface area contributed by atoms with E-state index in [4.69, 9.17) is 4.42 Å². The number of nitrogens with zero attached hydrogens (tertiary/aromatic N) is 3. The van der Waals surface area contributed by atoms with Crippen LogP contribution in [0.5, 0.6) is 0 Å². The highest BCUT2D eigenvalue weighted by Crippen LogP contribution is 2.21. The van der Waals surface area contributed by atoms with Crippen LogP contribution in [0.3, 0.4) is 0 Å². The lowest BCUT2D eigenvalue weighted by Crippen LogP contribution is -2.26. The Kier molecular flexibility index (Phi) is 5.09. The minimum Gasteiger partial charge on any atom is -0.423 e. The summed E-state index contributed by atoms with van der Waals surface area (Å²) in [4.78, 5) is 2.09. The number of benzene rings is 1. The summed E-state index contributed by atoms with van der Waals surface area (Å²) in [5.41, 5.74) is 1.05. The summed E-state index contributed by atoms with van der Waals surface area (Å²) in [5, 5.41) is 17.4. The Hall–Kier alpha value is -1.72. The van der Waals surface area contributed by atoms with Crippen LogP contribution in [0.25, 0.3) is 0 Å². The second kappa shape index (κ2) is 6.83. The summed E-state index contributed by atoms with van der Waals surface area (Å²) in [6.07, 6.45) is 0. The summed E-state index contributed by atoms with van der Waals surface area (Å²) in [7, 11) is 0. The van der Waals surface area contributed by atoms with Gasteiger partial charge >= 0.3 is 0 Å². The number of hydrogen-bond donors (Lipinski definition) is 1. The van der Waals surface area contributed by atoms with Crippen molar-refractivity contribution >= 4 is 0 Å². The zero-order valence-corrected chi connectivity index (χ0v) is 12.9. The maximum Gasteiger partial charge on any atom is 0.230 e. The molecule has 2 aromatic rings. The average Bonchev–Trinajstić information content (AvgIpc) is 2.89. The second-order valence-electron chi connectivity index (χ2n) is 6.17. The first-order chi connectivity index (χ1) is 9.99. The molecule has 0 fully saturated rings. The smallest absolute Gasteiger partial charge is 0.230 e. The van der Waals surface area contributed by atoms with Crippen LogP contribution < -0.4 is 0 Å². The Bertz CT molecular complexity index is 546. The van der Waals surface area contributed by atoms with E-state index in [1.165, 1.54) is 5.56 Å². The van der Waals surface area contributed by atoms with Crippen molar-refractivity contribution in [3.8, 4) is 0 Å². The Labute approximate surface area is 125 Å². The topological polar surface area (TPSA) is 62.4 Å². The van der Waals surface area contributed by atoms with Crippen molar-refractivity contribution in [3.63, 3.8) is 0 Å². The van der Waals surface area contributed by atoms with Crippen molar-refractivity contribution in [1.29, 1.82) is 0 Å². The van der Waals surface area contributed by atoms with Gasteiger partial charge in [0.15, 0.2) is 0 Å². The largest absolute Gasteiger partial charge is 0.423 e. The molecule has 0 aliphatic rings. The molecule has 1 aromatic heterocycles. The molecule has 114 valence electrons. The van der Waals surface area contributed by atoms with E-state index in [1.54, 1.807) is 0 Å². The minimum atomic E-state index is -0.146. The van der Waals surface area contributed by atoms with E-state index in [1.807, 2.05) is 39.0 Å². The first-order valence-electron chi connectivity index (χ1n) is 7.19. The zero-order chi connectivity index (χ0) is 15.3. The van der Waals surface area contributed by atoms with Gasteiger partial charge in [-0.3, -0.25) is 4.90 Å². The third kappa shape index (κ3) is 4.65. The molecule has 1 aromatic carbocycles. The number of aliphatic hydroxyl groups is 1. The molecular weight excluding hydrogens is 266 g/mol. The van der Waals surface area contributed by atoms with Crippen LogP contribution in [0.15, 0.2) is 34.7 Å². The first-order valence-corrected chi connectivity index (χ1v) is 7.19. The molecular formula is C16H23N3O2. The highest BCUT2D eigenvalue weighted by molar-refractivity contribution is 5.14. The quantitative estimate of drug-likeness (QED) is 0.884. The van der Waals surface area contributed by atoms with Gasteiger partial charge in [-0.15, -0.1) is 10.2 Å². The van der Waals surface area contributed by atoms with Crippen molar-refractivity contribution < 1.29 is 9.52 Å². The van der Waals surface area contributed by atoms with Gasteiger partial charge in [-0.05, 0) is 5.56 Å². The molecule has 0 saturated heterocycles. The highest BCUT2D eigenvalue weighted by atomic mass is 16.4. The highest BCUT2D eigenvalue weighted by Gasteiger charge is 2.22. The fraction of sp³-hybridized carbons (Fsp3) is 0.500. The summed E-state index contributed by atoms with van der Waals surface area (Å²) >= 11 is 0. The first kappa shape index (κ1) is 15.7. The molecule has 2 rings (SSSR count). The molecule has 0 atom stereocenters. The van der Waals surface area contributed by atoms with Crippen molar-refractivity contribution in [1.82, 2.24) is 15.1 Å². The zero-order valence-electron chi connectivity index (χ0n) is 12.9. The van der Waals surface area contributed by atoms with Gasteiger partial charge in [0, 0.05) is 18.5 Å². The lowest BCUT2D eigenvalue weighted by molar-refractivity contribution is 0.170. The molecule has 5 heteroatoms. The van der Waals surface area contributed by atoms with Gasteiger partial charge in [0.25, 0.3) is 0 Å². The van der Waals surface area contributed by atoms with Crippen molar-refractivity contribution in [2.75, 3.05) is 13.2 Å². The van der Waals surface area contributed by atoms with Gasteiger partial charge in [-0.1, -0.05) is 51.1 Å². The third-order valence-corrected chi connectivity index (χ3v) is 3.13. The van der Waals surface area contributed by atoms with E-state index in [-0.39, 0.29) is 12.0 Å². The standard InChI is InChI=1S/C16H23N3O2/c1-16(2,3)15-18-17-14(21-15)12-19(9-10-20)11-13-7-5-4-6-8-13/h4-8,20H,9-12H2,1-3H3. The number of hydrogen-bond acceptors (Lipinski definition) is 5. The fourth-order valence-corrected chi connectivity index (χ4v) is 2.01. The van der Waals surface area contributed by atoms with Crippen LogP contribution in [0, 0.1) is 0 Å². The van der Waals surface area contributed by atoms with Crippen LogP contribution in [0.2, 0.25) is 0 Å². The van der Waals surface area contributed by atoms with Gasteiger partial charge in [-0.2, -0.15) is 0 Å². The van der Waals surface area contributed by atoms with Crippen LogP contribution in [0.4, 0.5) is 0 Å². The van der Waals surface area contributed by atoms with Crippen molar-refractivity contribution in [3.05, 3.63) is 47.7 Å². The molecule has 21 heavy (non-hydrogen) atoms. The lowest BCUT2D eigenvalue weighted by atomic mass is 9.97. The Balaban J connectivity index is 2.04. The average molecular weight is 289 g/mol. The molecule has 0 aliphatic heterocycles. The number of aliphatic hydroxyl groups excluding tert-OH is 1. The van der Waals surface area contributed by atoms with Gasteiger partial charge in [0.2, 0.25) is 11.8 Å². The molecule has 0 bridgehead atoms. The predicted molar refractivity (Wildman–Crippen MR) is 80.6 cm³/mol. The molecule has 0 spiro atoms. The van der Waals surface area contributed by atoms with Gasteiger partial charge in [0.1, 0.15) is 0 Å². The molecule has 0 unspecified atom stereocenters. The Morgan fingerprint density at radius 3 is 2.38 bits per heavy atom. The van der Waals surface area contributed by atoms with E-state index < -0.39 is 0 Å². The third-order valence-electron chi connectivity index (χ3n) is 3.13. The SMILES string of the molecule is CC(C)(C)c1nnc(CN(CCO)Cc2ccccc2)o1. The Morgan fingerprint density at radius 1 is 1.10 bits per heavy atom. The maximum absolute atomic E-state index is 9.22. The number of rotatable bonds is 6. The van der Waals surface area contributed by atoms with E-state index in [9.17, 15) is 5.11 Å². The summed E-state index contributed by atoms with van der Waals surface area (Å²) < 4.78 is 5.72. The van der Waals surface area contributed by atoms with Gasteiger partial charge in [-0.25, -0.2) is 0 Å². The van der Waals surface area contributed by atoms with E-state index in [0.717, 1.165) is 6.54 Å².